The average molecular weight is 400 g/mol. The second-order valence-corrected chi connectivity index (χ2v) is 7.31. The lowest BCUT2D eigenvalue weighted by Crippen LogP contribution is -2.50. The van der Waals surface area contributed by atoms with Gasteiger partial charge < -0.3 is 14.5 Å². The predicted octanol–water partition coefficient (Wildman–Crippen LogP) is 4.27. The van der Waals surface area contributed by atoms with Crippen molar-refractivity contribution in [1.29, 1.82) is 0 Å². The molecule has 7 heteroatoms. The van der Waals surface area contributed by atoms with E-state index in [1.165, 1.54) is 12.4 Å². The van der Waals surface area contributed by atoms with E-state index in [9.17, 15) is 9.18 Å². The third-order valence-corrected chi connectivity index (χ3v) is 5.34. The second kappa shape index (κ2) is 10.2. The van der Waals surface area contributed by atoms with Crippen LogP contribution in [0.25, 0.3) is 0 Å². The fourth-order valence-electron chi connectivity index (χ4n) is 3.57. The normalized spacial score (nSPS) is 15.3. The smallest absolute Gasteiger partial charge is 0.225 e. The molecule has 156 valence electrons. The van der Waals surface area contributed by atoms with Crippen LogP contribution in [0, 0.1) is 11.7 Å². The molecule has 2 aromatic rings. The van der Waals surface area contributed by atoms with E-state index < -0.39 is 5.82 Å². The molecule has 3 rings (SSSR count). The summed E-state index contributed by atoms with van der Waals surface area (Å²) in [6, 6.07) is 7.93. The average Bonchev–Trinajstić information content (AvgIpc) is 2.76. The van der Waals surface area contributed by atoms with E-state index in [0.29, 0.717) is 32.1 Å². The van der Waals surface area contributed by atoms with Crippen LogP contribution in [0.1, 0.15) is 39.5 Å². The van der Waals surface area contributed by atoms with E-state index in [0.717, 1.165) is 31.5 Å². The van der Waals surface area contributed by atoms with E-state index in [-0.39, 0.29) is 17.6 Å². The number of nitrogens with zero attached hydrogens (tertiary/aromatic N) is 4. The number of carbonyl (C=O) groups excluding carboxylic acids is 1. The molecule has 1 aliphatic heterocycles. The van der Waals surface area contributed by atoms with Gasteiger partial charge in [0.1, 0.15) is 12.1 Å². The lowest BCUT2D eigenvalue weighted by atomic mass is 9.97. The molecule has 0 saturated carbocycles. The number of halogens is 1. The van der Waals surface area contributed by atoms with E-state index in [1.807, 2.05) is 4.90 Å². The van der Waals surface area contributed by atoms with Crippen LogP contribution in [-0.4, -0.2) is 47.0 Å². The van der Waals surface area contributed by atoms with Crippen molar-refractivity contribution in [3.8, 4) is 11.6 Å². The molecule has 1 atom stereocenters. The Morgan fingerprint density at radius 1 is 1.17 bits per heavy atom. The number of benzene rings is 1. The highest BCUT2D eigenvalue weighted by atomic mass is 19.1. The van der Waals surface area contributed by atoms with Crippen LogP contribution in [0.4, 0.5) is 10.2 Å². The summed E-state index contributed by atoms with van der Waals surface area (Å²) in [6.45, 7) is 7.00. The Morgan fingerprint density at radius 2 is 1.93 bits per heavy atom. The molecule has 2 heterocycles. The van der Waals surface area contributed by atoms with Gasteiger partial charge in [0.15, 0.2) is 11.6 Å². The summed E-state index contributed by atoms with van der Waals surface area (Å²) in [7, 11) is 0. The van der Waals surface area contributed by atoms with Gasteiger partial charge in [-0.2, -0.15) is 0 Å². The summed E-state index contributed by atoms with van der Waals surface area (Å²) < 4.78 is 19.4. The number of aromatic nitrogens is 2. The van der Waals surface area contributed by atoms with Gasteiger partial charge in [0.05, 0.1) is 0 Å². The van der Waals surface area contributed by atoms with Crippen LogP contribution in [0.5, 0.6) is 11.6 Å². The number of anilines is 1. The minimum absolute atomic E-state index is 0.126. The Labute approximate surface area is 171 Å². The quantitative estimate of drug-likeness (QED) is 0.662. The van der Waals surface area contributed by atoms with Gasteiger partial charge in [-0.3, -0.25) is 4.79 Å². The van der Waals surface area contributed by atoms with Crippen molar-refractivity contribution in [3.05, 3.63) is 42.5 Å². The molecule has 29 heavy (non-hydrogen) atoms. The molecule has 0 aliphatic carbocycles. The third kappa shape index (κ3) is 5.43. The van der Waals surface area contributed by atoms with Crippen molar-refractivity contribution in [3.63, 3.8) is 0 Å². The molecule has 1 unspecified atom stereocenters. The second-order valence-electron chi connectivity index (χ2n) is 7.31. The van der Waals surface area contributed by atoms with Crippen molar-refractivity contribution in [1.82, 2.24) is 14.9 Å². The van der Waals surface area contributed by atoms with Crippen LogP contribution in [0.15, 0.2) is 36.7 Å². The van der Waals surface area contributed by atoms with Crippen molar-refractivity contribution in [2.24, 2.45) is 5.92 Å². The van der Waals surface area contributed by atoms with Crippen LogP contribution in [0.3, 0.4) is 0 Å². The molecule has 1 amide bonds. The first kappa shape index (κ1) is 21.0. The number of hydrogen-bond acceptors (Lipinski definition) is 5. The summed E-state index contributed by atoms with van der Waals surface area (Å²) in [6.07, 6.45) is 5.48. The number of piperazine rings is 1. The van der Waals surface area contributed by atoms with Crippen molar-refractivity contribution >= 4 is 11.7 Å². The highest BCUT2D eigenvalue weighted by molar-refractivity contribution is 5.79. The zero-order chi connectivity index (χ0) is 20.6. The maximum absolute atomic E-state index is 13.8. The van der Waals surface area contributed by atoms with Crippen LogP contribution < -0.4 is 9.64 Å². The molecule has 1 aromatic heterocycles. The predicted molar refractivity (Wildman–Crippen MR) is 111 cm³/mol. The van der Waals surface area contributed by atoms with Crippen LogP contribution in [0.2, 0.25) is 0 Å². The molecule has 0 bridgehead atoms. The number of hydrogen-bond donors (Lipinski definition) is 0. The van der Waals surface area contributed by atoms with Gasteiger partial charge in [0.25, 0.3) is 0 Å². The number of carbonyl (C=O) groups is 1. The Balaban J connectivity index is 1.59. The fourth-order valence-corrected chi connectivity index (χ4v) is 3.57. The van der Waals surface area contributed by atoms with Gasteiger partial charge in [-0.15, -0.1) is 0 Å². The number of rotatable bonds is 8. The van der Waals surface area contributed by atoms with Crippen molar-refractivity contribution in [2.45, 2.75) is 39.5 Å². The minimum atomic E-state index is -0.437. The SMILES string of the molecule is CCCCC(CC)C(=O)N1CCN(c2cc(Oc3ccccc3F)ncn2)CC1. The molecule has 1 aliphatic rings. The number of para-hydroxylation sites is 1. The van der Waals surface area contributed by atoms with E-state index >= 15 is 0 Å². The molecule has 0 N–H and O–H groups in total. The summed E-state index contributed by atoms with van der Waals surface area (Å²) >= 11 is 0. The number of amides is 1. The van der Waals surface area contributed by atoms with E-state index in [1.54, 1.807) is 24.3 Å². The van der Waals surface area contributed by atoms with E-state index in [2.05, 4.69) is 28.7 Å². The van der Waals surface area contributed by atoms with Gasteiger partial charge in [-0.05, 0) is 25.0 Å². The Morgan fingerprint density at radius 3 is 2.62 bits per heavy atom. The van der Waals surface area contributed by atoms with Crippen molar-refractivity contribution in [2.75, 3.05) is 31.1 Å². The maximum atomic E-state index is 13.8. The molecule has 0 spiro atoms. The largest absolute Gasteiger partial charge is 0.436 e. The molecule has 1 saturated heterocycles. The third-order valence-electron chi connectivity index (χ3n) is 5.34. The lowest BCUT2D eigenvalue weighted by Gasteiger charge is -2.37. The first-order valence-corrected chi connectivity index (χ1v) is 10.4. The van der Waals surface area contributed by atoms with Gasteiger partial charge >= 0.3 is 0 Å². The van der Waals surface area contributed by atoms with Gasteiger partial charge in [-0.1, -0.05) is 38.8 Å². The fraction of sp³-hybridized carbons (Fsp3) is 0.500. The summed E-state index contributed by atoms with van der Waals surface area (Å²) in [5, 5.41) is 0. The monoisotopic (exact) mass is 400 g/mol. The molecule has 1 fully saturated rings. The first-order valence-electron chi connectivity index (χ1n) is 10.4. The zero-order valence-electron chi connectivity index (χ0n) is 17.2. The van der Waals surface area contributed by atoms with Crippen LogP contribution in [-0.2, 0) is 4.79 Å². The highest BCUT2D eigenvalue weighted by Crippen LogP contribution is 2.25. The standard InChI is InChI=1S/C22H29FN4O2/c1-3-5-8-17(4-2)22(28)27-13-11-26(12-14-27)20-15-21(25-16-24-20)29-19-10-7-6-9-18(19)23/h6-7,9-10,15-17H,3-5,8,11-14H2,1-2H3. The van der Waals surface area contributed by atoms with E-state index in [4.69, 9.17) is 4.74 Å². The summed E-state index contributed by atoms with van der Waals surface area (Å²) in [4.78, 5) is 25.3. The highest BCUT2D eigenvalue weighted by Gasteiger charge is 2.26. The lowest BCUT2D eigenvalue weighted by molar-refractivity contribution is -0.136. The minimum Gasteiger partial charge on any atom is -0.436 e. The molecule has 0 radical (unpaired) electrons. The van der Waals surface area contributed by atoms with Gasteiger partial charge in [-0.25, -0.2) is 14.4 Å². The van der Waals surface area contributed by atoms with Crippen molar-refractivity contribution < 1.29 is 13.9 Å². The van der Waals surface area contributed by atoms with Gasteiger partial charge in [0, 0.05) is 38.2 Å². The van der Waals surface area contributed by atoms with Crippen LogP contribution >= 0.6 is 0 Å². The first-order chi connectivity index (χ1) is 14.1. The van der Waals surface area contributed by atoms with Gasteiger partial charge in [0.2, 0.25) is 11.8 Å². The summed E-state index contributed by atoms with van der Waals surface area (Å²) in [5.41, 5.74) is 0. The molecular weight excluding hydrogens is 371 g/mol. The zero-order valence-corrected chi connectivity index (χ0v) is 17.2. The molecular formula is C22H29FN4O2. The number of unbranched alkanes of at least 4 members (excludes halogenated alkanes) is 1. The topological polar surface area (TPSA) is 58.6 Å². The number of ether oxygens (including phenoxy) is 1. The Bertz CT molecular complexity index is 809. The summed E-state index contributed by atoms with van der Waals surface area (Å²) in [5.74, 6) is 1.10. The Kier molecular flexibility index (Phi) is 7.38. The molecule has 1 aromatic carbocycles. The maximum Gasteiger partial charge on any atom is 0.225 e. The Hall–Kier alpha value is -2.70. The molecule has 6 nitrogen and oxygen atoms in total.